The first-order valence-electron chi connectivity index (χ1n) is 6.09. The van der Waals surface area contributed by atoms with Crippen LogP contribution in [0.15, 0.2) is 0 Å². The summed E-state index contributed by atoms with van der Waals surface area (Å²) in [5, 5.41) is 12.3. The predicted octanol–water partition coefficient (Wildman–Crippen LogP) is 2.08. The maximum atomic E-state index is 8.89. The Bertz CT molecular complexity index is 200. The van der Waals surface area contributed by atoms with Gasteiger partial charge in [-0.1, -0.05) is 19.8 Å². The second-order valence-corrected chi connectivity index (χ2v) is 4.19. The average molecular weight is 210 g/mol. The van der Waals surface area contributed by atoms with Gasteiger partial charge in [0, 0.05) is 19.2 Å². The van der Waals surface area contributed by atoms with Crippen LogP contribution in [0.3, 0.4) is 0 Å². The first kappa shape index (κ1) is 12.5. The SMILES string of the molecule is CCCCOCCNC1CCCC1C#N. The standard InChI is InChI=1S/C12H22N2O/c1-2-3-8-15-9-7-14-12-6-4-5-11(12)10-13/h11-12,14H,2-9H2,1H3. The molecule has 0 aromatic rings. The zero-order chi connectivity index (χ0) is 10.9. The topological polar surface area (TPSA) is 45.0 Å². The molecule has 0 aromatic heterocycles. The van der Waals surface area contributed by atoms with Crippen LogP contribution in [0.2, 0.25) is 0 Å². The van der Waals surface area contributed by atoms with E-state index in [9.17, 15) is 0 Å². The minimum atomic E-state index is 0.223. The summed E-state index contributed by atoms with van der Waals surface area (Å²) in [5.41, 5.74) is 0. The van der Waals surface area contributed by atoms with Crippen molar-refractivity contribution >= 4 is 0 Å². The van der Waals surface area contributed by atoms with Gasteiger partial charge in [0.05, 0.1) is 18.6 Å². The normalized spacial score (nSPS) is 25.3. The Kier molecular flexibility index (Phi) is 6.38. The zero-order valence-corrected chi connectivity index (χ0v) is 9.67. The van der Waals surface area contributed by atoms with Gasteiger partial charge in [-0.2, -0.15) is 5.26 Å². The van der Waals surface area contributed by atoms with Crippen LogP contribution >= 0.6 is 0 Å². The Morgan fingerprint density at radius 3 is 3.00 bits per heavy atom. The molecule has 0 saturated heterocycles. The summed E-state index contributed by atoms with van der Waals surface area (Å²) in [5.74, 6) is 0.223. The van der Waals surface area contributed by atoms with Crippen molar-refractivity contribution in [2.75, 3.05) is 19.8 Å². The Morgan fingerprint density at radius 1 is 1.40 bits per heavy atom. The van der Waals surface area contributed by atoms with Crippen LogP contribution in [0.4, 0.5) is 0 Å². The molecule has 2 atom stereocenters. The Morgan fingerprint density at radius 2 is 2.27 bits per heavy atom. The molecule has 0 heterocycles. The van der Waals surface area contributed by atoms with E-state index < -0.39 is 0 Å². The van der Waals surface area contributed by atoms with Gasteiger partial charge in [0.2, 0.25) is 0 Å². The smallest absolute Gasteiger partial charge is 0.0672 e. The highest BCUT2D eigenvalue weighted by Gasteiger charge is 2.25. The second kappa shape index (κ2) is 7.67. The molecule has 0 aliphatic heterocycles. The highest BCUT2D eigenvalue weighted by atomic mass is 16.5. The van der Waals surface area contributed by atoms with Crippen molar-refractivity contribution in [1.82, 2.24) is 5.32 Å². The van der Waals surface area contributed by atoms with E-state index in [0.29, 0.717) is 6.04 Å². The van der Waals surface area contributed by atoms with Gasteiger partial charge in [-0.15, -0.1) is 0 Å². The van der Waals surface area contributed by atoms with Crippen LogP contribution in [-0.2, 0) is 4.74 Å². The molecule has 0 radical (unpaired) electrons. The third-order valence-electron chi connectivity index (χ3n) is 2.98. The fourth-order valence-corrected chi connectivity index (χ4v) is 2.02. The van der Waals surface area contributed by atoms with Crippen molar-refractivity contribution < 1.29 is 4.74 Å². The van der Waals surface area contributed by atoms with E-state index in [1.807, 2.05) is 0 Å². The van der Waals surface area contributed by atoms with E-state index in [0.717, 1.165) is 39.0 Å². The molecule has 1 fully saturated rings. The first-order valence-corrected chi connectivity index (χ1v) is 6.09. The lowest BCUT2D eigenvalue weighted by molar-refractivity contribution is 0.130. The van der Waals surface area contributed by atoms with Crippen molar-refractivity contribution in [3.05, 3.63) is 0 Å². The van der Waals surface area contributed by atoms with Crippen LogP contribution in [0.25, 0.3) is 0 Å². The van der Waals surface area contributed by atoms with Crippen molar-refractivity contribution in [2.24, 2.45) is 5.92 Å². The fourth-order valence-electron chi connectivity index (χ4n) is 2.02. The largest absolute Gasteiger partial charge is 0.380 e. The van der Waals surface area contributed by atoms with Crippen molar-refractivity contribution in [1.29, 1.82) is 5.26 Å². The number of hydrogen-bond acceptors (Lipinski definition) is 3. The van der Waals surface area contributed by atoms with Crippen molar-refractivity contribution in [2.45, 2.75) is 45.1 Å². The van der Waals surface area contributed by atoms with E-state index in [-0.39, 0.29) is 5.92 Å². The number of nitrogens with one attached hydrogen (secondary N) is 1. The van der Waals surface area contributed by atoms with E-state index >= 15 is 0 Å². The summed E-state index contributed by atoms with van der Waals surface area (Å²) in [6, 6.07) is 2.78. The van der Waals surface area contributed by atoms with Crippen molar-refractivity contribution in [3.63, 3.8) is 0 Å². The molecule has 3 nitrogen and oxygen atoms in total. The molecule has 1 aliphatic carbocycles. The van der Waals surface area contributed by atoms with Gasteiger partial charge in [-0.25, -0.2) is 0 Å². The van der Waals surface area contributed by atoms with Gasteiger partial charge < -0.3 is 10.1 Å². The summed E-state index contributed by atoms with van der Waals surface area (Å²) in [4.78, 5) is 0. The van der Waals surface area contributed by atoms with Gasteiger partial charge in [-0.05, 0) is 19.3 Å². The molecule has 3 heteroatoms. The molecule has 1 saturated carbocycles. The molecular weight excluding hydrogens is 188 g/mol. The molecule has 0 bridgehead atoms. The van der Waals surface area contributed by atoms with E-state index in [1.54, 1.807) is 0 Å². The highest BCUT2D eigenvalue weighted by Crippen LogP contribution is 2.24. The Balaban J connectivity index is 1.98. The number of hydrogen-bond donors (Lipinski definition) is 1. The maximum absolute atomic E-state index is 8.89. The van der Waals surface area contributed by atoms with Crippen LogP contribution < -0.4 is 5.32 Å². The summed E-state index contributed by atoms with van der Waals surface area (Å²) < 4.78 is 5.46. The van der Waals surface area contributed by atoms with E-state index in [4.69, 9.17) is 10.00 Å². The second-order valence-electron chi connectivity index (χ2n) is 4.19. The summed E-state index contributed by atoms with van der Waals surface area (Å²) in [7, 11) is 0. The lowest BCUT2D eigenvalue weighted by atomic mass is 10.1. The molecule has 0 amide bonds. The van der Waals surface area contributed by atoms with Gasteiger partial charge >= 0.3 is 0 Å². The van der Waals surface area contributed by atoms with Crippen molar-refractivity contribution in [3.8, 4) is 6.07 Å². The Labute approximate surface area is 92.8 Å². The third kappa shape index (κ3) is 4.63. The third-order valence-corrected chi connectivity index (χ3v) is 2.98. The van der Waals surface area contributed by atoms with Crippen LogP contribution in [0.1, 0.15) is 39.0 Å². The number of unbranched alkanes of at least 4 members (excludes halogenated alkanes) is 1. The maximum Gasteiger partial charge on any atom is 0.0672 e. The molecule has 1 N–H and O–H groups in total. The number of ether oxygens (including phenoxy) is 1. The van der Waals surface area contributed by atoms with E-state index in [1.165, 1.54) is 12.8 Å². The van der Waals surface area contributed by atoms with Gasteiger partial charge in [0.1, 0.15) is 0 Å². The molecule has 2 unspecified atom stereocenters. The number of nitrogens with zero attached hydrogens (tertiary/aromatic N) is 1. The summed E-state index contributed by atoms with van der Waals surface area (Å²) in [6.45, 7) is 4.68. The summed E-state index contributed by atoms with van der Waals surface area (Å²) in [6.07, 6.45) is 5.72. The van der Waals surface area contributed by atoms with Gasteiger partial charge in [0.15, 0.2) is 0 Å². The summed E-state index contributed by atoms with van der Waals surface area (Å²) >= 11 is 0. The minimum absolute atomic E-state index is 0.223. The van der Waals surface area contributed by atoms with E-state index in [2.05, 4.69) is 18.3 Å². The molecule has 86 valence electrons. The van der Waals surface area contributed by atoms with Gasteiger partial charge in [-0.3, -0.25) is 0 Å². The van der Waals surface area contributed by atoms with Crippen LogP contribution in [0, 0.1) is 17.2 Å². The fraction of sp³-hybridized carbons (Fsp3) is 0.917. The zero-order valence-electron chi connectivity index (χ0n) is 9.67. The lowest BCUT2D eigenvalue weighted by Crippen LogP contribution is -2.34. The first-order chi connectivity index (χ1) is 7.38. The molecule has 1 rings (SSSR count). The predicted molar refractivity (Wildman–Crippen MR) is 60.5 cm³/mol. The highest BCUT2D eigenvalue weighted by molar-refractivity contribution is 4.96. The monoisotopic (exact) mass is 210 g/mol. The quantitative estimate of drug-likeness (QED) is 0.654. The molecule has 0 spiro atoms. The molecular formula is C12H22N2O. The molecule has 15 heavy (non-hydrogen) atoms. The van der Waals surface area contributed by atoms with Gasteiger partial charge in [0.25, 0.3) is 0 Å². The molecule has 1 aliphatic rings. The lowest BCUT2D eigenvalue weighted by Gasteiger charge is -2.15. The molecule has 0 aromatic carbocycles. The van der Waals surface area contributed by atoms with Crippen LogP contribution in [0.5, 0.6) is 0 Å². The Hall–Kier alpha value is -0.590. The van der Waals surface area contributed by atoms with Crippen LogP contribution in [-0.4, -0.2) is 25.8 Å². The minimum Gasteiger partial charge on any atom is -0.380 e. The number of rotatable bonds is 7. The number of nitriles is 1. The average Bonchev–Trinajstić information content (AvgIpc) is 2.70.